The van der Waals surface area contributed by atoms with E-state index in [0.29, 0.717) is 40.8 Å². The molecule has 1 saturated heterocycles. The van der Waals surface area contributed by atoms with Gasteiger partial charge in [0.1, 0.15) is 23.6 Å². The molecule has 3 amide bonds. The predicted octanol–water partition coefficient (Wildman–Crippen LogP) is 5.78. The lowest BCUT2D eigenvalue weighted by Crippen LogP contribution is -2.37. The molecule has 0 atom stereocenters. The van der Waals surface area contributed by atoms with Crippen LogP contribution in [0, 0.1) is 6.92 Å². The van der Waals surface area contributed by atoms with Crippen molar-refractivity contribution in [2.24, 2.45) is 0 Å². The van der Waals surface area contributed by atoms with Crippen molar-refractivity contribution in [3.63, 3.8) is 0 Å². The Morgan fingerprint density at radius 2 is 1.83 bits per heavy atom. The maximum Gasteiger partial charge on any atom is 0.270 e. The number of aryl methyl sites for hydroxylation is 1. The molecule has 14 heteroatoms. The molecule has 0 aliphatic carbocycles. The fourth-order valence-electron chi connectivity index (χ4n) is 5.69. The molecule has 0 unspecified atom stereocenters. The molecule has 1 aliphatic heterocycles. The van der Waals surface area contributed by atoms with Gasteiger partial charge >= 0.3 is 0 Å². The normalized spacial score (nSPS) is 12.9. The fraction of sp³-hybridized carbons (Fsp3) is 0.231. The van der Waals surface area contributed by atoms with Gasteiger partial charge in [0.05, 0.1) is 42.7 Å². The first kappa shape index (κ1) is 37.2. The standard InChI is InChI=1S/C39H37Cl2N7O5/c1-25-20-33(48-16-18-52-19-17-48)28-7-5-8-34(38(28)46-25)53-24-29-30(40)11-13-32(37(29)41)47(2)36(50)23-44-35(49)14-10-26-9-12-31(43-21-26)39(51)45-22-27-6-3-4-15-42-27/h3-15,20-21H,16-19,22-24H2,1-2H3,(H,44,49)(H,45,51)/b14-10+. The van der Waals surface area contributed by atoms with Gasteiger partial charge in [0, 0.05) is 66.0 Å². The highest BCUT2D eigenvalue weighted by atomic mass is 35.5. The Bertz CT molecular complexity index is 2140. The number of carbonyl (C=O) groups is 3. The summed E-state index contributed by atoms with van der Waals surface area (Å²) < 4.78 is 11.8. The molecule has 3 aromatic heterocycles. The van der Waals surface area contributed by atoms with Gasteiger partial charge in [0.2, 0.25) is 11.8 Å². The topological polar surface area (TPSA) is 139 Å². The van der Waals surface area contributed by atoms with Gasteiger partial charge in [-0.05, 0) is 61.0 Å². The van der Waals surface area contributed by atoms with Crippen LogP contribution in [0.3, 0.4) is 0 Å². The molecular weight excluding hydrogens is 717 g/mol. The average molecular weight is 755 g/mol. The van der Waals surface area contributed by atoms with Crippen molar-refractivity contribution in [3.8, 4) is 5.75 Å². The van der Waals surface area contributed by atoms with Crippen LogP contribution in [0.15, 0.2) is 85.2 Å². The molecule has 0 bridgehead atoms. The van der Waals surface area contributed by atoms with E-state index in [1.807, 2.05) is 37.3 Å². The largest absolute Gasteiger partial charge is 0.487 e. The van der Waals surface area contributed by atoms with Crippen LogP contribution < -0.4 is 25.2 Å². The molecule has 0 saturated carbocycles. The summed E-state index contributed by atoms with van der Waals surface area (Å²) in [6.07, 6.45) is 5.94. The Balaban J connectivity index is 1.05. The first-order valence-corrected chi connectivity index (χ1v) is 17.6. The Morgan fingerprint density at radius 1 is 1.00 bits per heavy atom. The summed E-state index contributed by atoms with van der Waals surface area (Å²) >= 11 is 13.4. The summed E-state index contributed by atoms with van der Waals surface area (Å²) in [7, 11) is 1.56. The lowest BCUT2D eigenvalue weighted by Gasteiger charge is -2.30. The quantitative estimate of drug-likeness (QED) is 0.152. The van der Waals surface area contributed by atoms with Crippen LogP contribution in [0.1, 0.15) is 33.0 Å². The first-order chi connectivity index (χ1) is 25.7. The van der Waals surface area contributed by atoms with Crippen LogP contribution in [-0.4, -0.2) is 72.6 Å². The molecule has 2 N–H and O–H groups in total. The van der Waals surface area contributed by atoms with E-state index in [1.54, 1.807) is 43.6 Å². The summed E-state index contributed by atoms with van der Waals surface area (Å²) in [6.45, 7) is 4.88. The number of ether oxygens (including phenoxy) is 2. The van der Waals surface area contributed by atoms with E-state index in [2.05, 4.69) is 31.6 Å². The number of amides is 3. The van der Waals surface area contributed by atoms with E-state index in [9.17, 15) is 14.4 Å². The van der Waals surface area contributed by atoms with E-state index >= 15 is 0 Å². The average Bonchev–Trinajstić information content (AvgIpc) is 3.18. The highest BCUT2D eigenvalue weighted by molar-refractivity contribution is 6.38. The van der Waals surface area contributed by atoms with Crippen LogP contribution in [0.25, 0.3) is 17.0 Å². The van der Waals surface area contributed by atoms with E-state index in [1.165, 1.54) is 23.2 Å². The highest BCUT2D eigenvalue weighted by Crippen LogP contribution is 2.37. The van der Waals surface area contributed by atoms with E-state index in [4.69, 9.17) is 37.7 Å². The van der Waals surface area contributed by atoms with Crippen molar-refractivity contribution in [1.82, 2.24) is 25.6 Å². The maximum absolute atomic E-state index is 13.1. The SMILES string of the molecule is Cc1cc(N2CCOCC2)c2cccc(OCc3c(Cl)ccc(N(C)C(=O)CNC(=O)/C=C/c4ccc(C(=O)NCc5ccccn5)nc4)c3Cl)c2n1. The third kappa shape index (κ3) is 9.28. The molecule has 1 aliphatic rings. The number of anilines is 2. The van der Waals surface area contributed by atoms with Gasteiger partial charge in [-0.25, -0.2) is 4.98 Å². The van der Waals surface area contributed by atoms with Crippen molar-refractivity contribution in [2.75, 3.05) is 49.7 Å². The number of aromatic nitrogens is 3. The second-order valence-electron chi connectivity index (χ2n) is 12.2. The Morgan fingerprint density at radius 3 is 2.58 bits per heavy atom. The maximum atomic E-state index is 13.1. The molecule has 5 aromatic rings. The van der Waals surface area contributed by atoms with Gasteiger partial charge in [-0.3, -0.25) is 24.4 Å². The van der Waals surface area contributed by atoms with Crippen LogP contribution in [-0.2, 0) is 27.5 Å². The zero-order valence-electron chi connectivity index (χ0n) is 29.1. The molecule has 2 aromatic carbocycles. The first-order valence-electron chi connectivity index (χ1n) is 16.9. The summed E-state index contributed by atoms with van der Waals surface area (Å²) in [5, 5.41) is 6.95. The van der Waals surface area contributed by atoms with Crippen molar-refractivity contribution < 1.29 is 23.9 Å². The van der Waals surface area contributed by atoms with Gasteiger partial charge in [-0.1, -0.05) is 47.5 Å². The minimum absolute atomic E-state index is 0.0301. The molecule has 272 valence electrons. The summed E-state index contributed by atoms with van der Waals surface area (Å²) in [6, 6.07) is 19.8. The third-order valence-corrected chi connectivity index (χ3v) is 9.33. The van der Waals surface area contributed by atoms with Crippen molar-refractivity contribution in [1.29, 1.82) is 0 Å². The summed E-state index contributed by atoms with van der Waals surface area (Å²) in [5.41, 5.74) is 5.12. The number of hydrogen-bond acceptors (Lipinski definition) is 9. The summed E-state index contributed by atoms with van der Waals surface area (Å²) in [4.78, 5) is 54.9. The Hall–Kier alpha value is -5.56. The van der Waals surface area contributed by atoms with Crippen LogP contribution in [0.2, 0.25) is 10.0 Å². The number of nitrogens with one attached hydrogen (secondary N) is 2. The fourth-order valence-corrected chi connectivity index (χ4v) is 6.29. The number of carbonyl (C=O) groups excluding carboxylic acids is 3. The van der Waals surface area contributed by atoms with E-state index < -0.39 is 11.8 Å². The minimum atomic E-state index is -0.490. The Kier molecular flexibility index (Phi) is 12.1. The number of morpholine rings is 1. The van der Waals surface area contributed by atoms with Gasteiger partial charge in [0.15, 0.2) is 0 Å². The third-order valence-electron chi connectivity index (χ3n) is 8.55. The number of halogens is 2. The van der Waals surface area contributed by atoms with Crippen molar-refractivity contribution in [3.05, 3.63) is 123 Å². The highest BCUT2D eigenvalue weighted by Gasteiger charge is 2.21. The van der Waals surface area contributed by atoms with Gasteiger partial charge in [-0.15, -0.1) is 0 Å². The second kappa shape index (κ2) is 17.3. The molecular formula is C39H37Cl2N7O5. The molecule has 53 heavy (non-hydrogen) atoms. The number of para-hydroxylation sites is 1. The van der Waals surface area contributed by atoms with Crippen LogP contribution in [0.5, 0.6) is 5.75 Å². The van der Waals surface area contributed by atoms with Gasteiger partial charge in [-0.2, -0.15) is 0 Å². The lowest BCUT2D eigenvalue weighted by atomic mass is 10.1. The zero-order chi connectivity index (χ0) is 37.3. The minimum Gasteiger partial charge on any atom is -0.487 e. The smallest absolute Gasteiger partial charge is 0.270 e. The zero-order valence-corrected chi connectivity index (χ0v) is 30.7. The molecule has 0 radical (unpaired) electrons. The molecule has 0 spiro atoms. The molecule has 6 rings (SSSR count). The number of rotatable bonds is 12. The number of fused-ring (bicyclic) bond motifs is 1. The van der Waals surface area contributed by atoms with Gasteiger partial charge < -0.3 is 29.9 Å². The number of hydrogen-bond donors (Lipinski definition) is 2. The molecule has 1 fully saturated rings. The Labute approximate surface area is 316 Å². The molecule has 12 nitrogen and oxygen atoms in total. The predicted molar refractivity (Wildman–Crippen MR) is 205 cm³/mol. The van der Waals surface area contributed by atoms with E-state index in [0.717, 1.165) is 41.1 Å². The monoisotopic (exact) mass is 753 g/mol. The number of nitrogens with zero attached hydrogens (tertiary/aromatic N) is 5. The van der Waals surface area contributed by atoms with Crippen molar-refractivity contribution in [2.45, 2.75) is 20.1 Å². The number of benzene rings is 2. The number of likely N-dealkylation sites (N-methyl/N-ethyl adjacent to an activating group) is 1. The molecule has 4 heterocycles. The van der Waals surface area contributed by atoms with E-state index in [-0.39, 0.29) is 36.3 Å². The van der Waals surface area contributed by atoms with Crippen LogP contribution in [0.4, 0.5) is 11.4 Å². The lowest BCUT2D eigenvalue weighted by molar-refractivity contribution is -0.122. The second-order valence-corrected chi connectivity index (χ2v) is 13.0. The van der Waals surface area contributed by atoms with Crippen molar-refractivity contribution >= 4 is 69.3 Å². The summed E-state index contributed by atoms with van der Waals surface area (Å²) in [5.74, 6) is -0.666. The number of pyridine rings is 3. The van der Waals surface area contributed by atoms with Gasteiger partial charge in [0.25, 0.3) is 5.91 Å². The van der Waals surface area contributed by atoms with Crippen LogP contribution >= 0.6 is 23.2 Å².